The van der Waals surface area contributed by atoms with E-state index in [4.69, 9.17) is 21.2 Å². The Morgan fingerprint density at radius 3 is 1.75 bits per heavy atom. The Morgan fingerprint density at radius 2 is 1.00 bits per heavy atom. The van der Waals surface area contributed by atoms with Gasteiger partial charge in [0.2, 0.25) is 0 Å². The van der Waals surface area contributed by atoms with Gasteiger partial charge in [0.25, 0.3) is 0 Å². The minimum atomic E-state index is -0.862. The molecule has 9 aromatic carbocycles. The zero-order valence-corrected chi connectivity index (χ0v) is 26.4. The molecule has 11 rings (SSSR count). The van der Waals surface area contributed by atoms with Crippen LogP contribution in [0, 0.1) is 6.92 Å². The van der Waals surface area contributed by atoms with E-state index in [0.717, 1.165) is 5.39 Å². The summed E-state index contributed by atoms with van der Waals surface area (Å²) in [6.07, 6.45) is 0. The van der Waals surface area contributed by atoms with Crippen molar-refractivity contribution in [3.05, 3.63) is 169 Å². The summed E-state index contributed by atoms with van der Waals surface area (Å²) >= 11 is 0. The number of hydrogen-bond acceptors (Lipinski definition) is 2. The van der Waals surface area contributed by atoms with Crippen molar-refractivity contribution in [1.82, 2.24) is 0 Å². The van der Waals surface area contributed by atoms with Gasteiger partial charge in [-0.15, -0.1) is 0 Å². The van der Waals surface area contributed by atoms with Crippen LogP contribution < -0.4 is 0 Å². The van der Waals surface area contributed by atoms with Crippen LogP contribution in [0.1, 0.15) is 33.0 Å². The molecule has 51 heavy (non-hydrogen) atoms. The Morgan fingerprint density at radius 1 is 0.412 bits per heavy atom. The first-order valence-corrected chi connectivity index (χ1v) is 15.9. The molecule has 0 spiro atoms. The topological polar surface area (TPSA) is 26.3 Å². The van der Waals surface area contributed by atoms with Crippen LogP contribution in [-0.2, 0) is 0 Å². The molecule has 0 fully saturated rings. The SMILES string of the molecule is [2H]c1c([2H])c(-c2c3c([2H])c([2H])c([2H])c([2H])c3c(-c3c([2H])c([2H])c4c(oc5c([2H])c([2H])c6oc7c([2H])c([2H])c([2H])c(C)c7c6c54)c3[2H])c3c([2H])c([2H])c([2H])c([2H])c23)c([2H])c([2H])c1-c1cccc2ccccc12. The highest BCUT2D eigenvalue weighted by Gasteiger charge is 2.20. The van der Waals surface area contributed by atoms with Gasteiger partial charge in [0.15, 0.2) is 0 Å². The fourth-order valence-electron chi connectivity index (χ4n) is 7.06. The molecule has 0 saturated carbocycles. The third-order valence-electron chi connectivity index (χ3n) is 9.27. The molecule has 0 unspecified atom stereocenters. The fraction of sp³-hybridized carbons (Fsp3) is 0.0204. The second kappa shape index (κ2) is 10.7. The Balaban J connectivity index is 1.36. The molecule has 2 nitrogen and oxygen atoms in total. The summed E-state index contributed by atoms with van der Waals surface area (Å²) in [5.41, 5.74) is -3.18. The lowest BCUT2D eigenvalue weighted by Crippen LogP contribution is -1.91. The van der Waals surface area contributed by atoms with E-state index >= 15 is 0 Å². The first kappa shape index (κ1) is 15.1. The highest BCUT2D eigenvalue weighted by atomic mass is 16.3. The standard InChI is InChI=1S/C49H30O2/c1-29-10-8-19-41-45(29)49-43(50-41)27-26-42-48(49)40-25-24-33(28-44(40)51-42)47-38-16-6-4-14-36(38)46(37-15-5-7-17-39(37)47)32-22-20-31(21-23-32)35-18-9-12-30-11-2-3-13-34(30)35/h2-28H,1H3/i4D,5D,6D,7D,8D,10D,14D,15D,16D,17D,19D,20D,21D,22D,23D,24D,25D,26D,27D,28D. The second-order valence-electron chi connectivity index (χ2n) is 12.0. The average molecular weight is 671 g/mol. The van der Waals surface area contributed by atoms with E-state index in [-0.39, 0.29) is 55.5 Å². The normalized spacial score (nSPS) is 17.5. The maximum atomic E-state index is 9.83. The lowest BCUT2D eigenvalue weighted by molar-refractivity contribution is 0.663. The van der Waals surface area contributed by atoms with Crippen molar-refractivity contribution < 1.29 is 36.2 Å². The summed E-state index contributed by atoms with van der Waals surface area (Å²) in [4.78, 5) is 0. The minimum absolute atomic E-state index is 0.00387. The summed E-state index contributed by atoms with van der Waals surface area (Å²) < 4.78 is 196. The molecule has 2 aromatic heterocycles. The molecule has 2 heteroatoms. The molecule has 2 heterocycles. The van der Waals surface area contributed by atoms with Crippen LogP contribution >= 0.6 is 0 Å². The van der Waals surface area contributed by atoms with Gasteiger partial charge in [-0.05, 0) is 108 Å². The van der Waals surface area contributed by atoms with Gasteiger partial charge in [-0.3, -0.25) is 0 Å². The molecule has 238 valence electrons. The molecule has 11 aromatic rings. The molecule has 0 atom stereocenters. The fourth-order valence-corrected chi connectivity index (χ4v) is 7.06. The van der Waals surface area contributed by atoms with Crippen LogP contribution in [0.2, 0.25) is 0 Å². The van der Waals surface area contributed by atoms with E-state index in [1.807, 2.05) is 12.1 Å². The van der Waals surface area contributed by atoms with Gasteiger partial charge in [0.1, 0.15) is 22.3 Å². The van der Waals surface area contributed by atoms with Crippen LogP contribution in [-0.4, -0.2) is 0 Å². The zero-order chi connectivity index (χ0) is 51.0. The van der Waals surface area contributed by atoms with Crippen LogP contribution in [0.25, 0.3) is 110 Å². The number of benzene rings is 9. The van der Waals surface area contributed by atoms with E-state index in [2.05, 4.69) is 0 Å². The number of furan rings is 2. The van der Waals surface area contributed by atoms with Gasteiger partial charge < -0.3 is 8.83 Å². The molecular weight excluding hydrogens is 621 g/mol. The van der Waals surface area contributed by atoms with Crippen molar-refractivity contribution in [2.45, 2.75) is 6.92 Å². The number of hydrogen-bond donors (Lipinski definition) is 0. The third-order valence-corrected chi connectivity index (χ3v) is 9.27. The highest BCUT2D eigenvalue weighted by Crippen LogP contribution is 2.46. The van der Waals surface area contributed by atoms with Crippen molar-refractivity contribution in [2.24, 2.45) is 0 Å². The van der Waals surface area contributed by atoms with Gasteiger partial charge in [0, 0.05) is 21.5 Å². The first-order chi connectivity index (χ1) is 33.6. The predicted octanol–water partition coefficient (Wildman–Crippen LogP) is 14.3. The van der Waals surface area contributed by atoms with Crippen molar-refractivity contribution >= 4 is 76.2 Å². The smallest absolute Gasteiger partial charge is 0.136 e. The molecule has 0 aliphatic rings. The molecule has 0 aliphatic heterocycles. The van der Waals surface area contributed by atoms with E-state index in [9.17, 15) is 15.1 Å². The molecule has 0 radical (unpaired) electrons. The maximum Gasteiger partial charge on any atom is 0.136 e. The molecule has 0 amide bonds. The average Bonchev–Trinajstić information content (AvgIpc) is 3.96. The van der Waals surface area contributed by atoms with Gasteiger partial charge in [0.05, 0.1) is 27.4 Å². The quantitative estimate of drug-likeness (QED) is 0.175. The summed E-state index contributed by atoms with van der Waals surface area (Å²) in [5, 5.41) is -1.14. The Bertz CT molecular complexity index is 4250. The maximum absolute atomic E-state index is 9.83. The summed E-state index contributed by atoms with van der Waals surface area (Å²) in [5.74, 6) is 0. The number of aryl methyl sites for hydroxylation is 1. The first-order valence-electron chi connectivity index (χ1n) is 25.9. The van der Waals surface area contributed by atoms with Gasteiger partial charge in [-0.1, -0.05) is 133 Å². The highest BCUT2D eigenvalue weighted by molar-refractivity contribution is 6.27. The number of rotatable bonds is 3. The minimum Gasteiger partial charge on any atom is -0.456 e. The monoisotopic (exact) mass is 670 g/mol. The Labute approximate surface area is 321 Å². The zero-order valence-electron chi connectivity index (χ0n) is 46.4. The molecule has 0 saturated heterocycles. The van der Waals surface area contributed by atoms with Gasteiger partial charge in [-0.25, -0.2) is 0 Å². The molecular formula is C49H30O2. The van der Waals surface area contributed by atoms with E-state index in [0.29, 0.717) is 10.9 Å². The van der Waals surface area contributed by atoms with Crippen LogP contribution in [0.4, 0.5) is 0 Å². The van der Waals surface area contributed by atoms with Crippen molar-refractivity contribution in [3.63, 3.8) is 0 Å². The summed E-state index contributed by atoms with van der Waals surface area (Å²) in [6, 6.07) is -1.85. The third kappa shape index (κ3) is 4.11. The predicted molar refractivity (Wildman–Crippen MR) is 215 cm³/mol. The Hall–Kier alpha value is -6.64. The summed E-state index contributed by atoms with van der Waals surface area (Å²) in [7, 11) is 0. The Kier molecular flexibility index (Phi) is 3.16. The van der Waals surface area contributed by atoms with Crippen molar-refractivity contribution in [3.8, 4) is 33.4 Å². The van der Waals surface area contributed by atoms with Gasteiger partial charge in [-0.2, -0.15) is 0 Å². The lowest BCUT2D eigenvalue weighted by atomic mass is 9.85. The van der Waals surface area contributed by atoms with Crippen molar-refractivity contribution in [1.29, 1.82) is 0 Å². The van der Waals surface area contributed by atoms with E-state index in [1.54, 1.807) is 30.3 Å². The largest absolute Gasteiger partial charge is 0.456 e. The second-order valence-corrected chi connectivity index (χ2v) is 12.0. The van der Waals surface area contributed by atoms with Crippen LogP contribution in [0.15, 0.2) is 172 Å². The van der Waals surface area contributed by atoms with Crippen LogP contribution in [0.3, 0.4) is 0 Å². The van der Waals surface area contributed by atoms with Crippen molar-refractivity contribution in [2.75, 3.05) is 0 Å². The summed E-state index contributed by atoms with van der Waals surface area (Å²) in [6.45, 7) is 1.49. The van der Waals surface area contributed by atoms with Crippen LogP contribution in [0.5, 0.6) is 0 Å². The molecule has 0 aliphatic carbocycles. The molecule has 0 bridgehead atoms. The van der Waals surface area contributed by atoms with E-state index < -0.39 is 164 Å². The molecule has 0 N–H and O–H groups in total. The lowest BCUT2D eigenvalue weighted by Gasteiger charge is -2.18. The van der Waals surface area contributed by atoms with Gasteiger partial charge >= 0.3 is 0 Å². The van der Waals surface area contributed by atoms with E-state index in [1.165, 1.54) is 6.92 Å². The number of fused-ring (bicyclic) bond motifs is 10.